The lowest BCUT2D eigenvalue weighted by atomic mass is 10.1. The average molecular weight is 297 g/mol. The molecule has 0 aromatic rings. The Morgan fingerprint density at radius 3 is 2.33 bits per heavy atom. The molecule has 2 amide bonds. The fourth-order valence-electron chi connectivity index (χ4n) is 3.53. The molecule has 2 fully saturated rings. The molecule has 1 saturated carbocycles. The summed E-state index contributed by atoms with van der Waals surface area (Å²) < 4.78 is 0. The van der Waals surface area contributed by atoms with E-state index < -0.39 is 5.97 Å². The van der Waals surface area contributed by atoms with E-state index in [1.165, 1.54) is 0 Å². The zero-order valence-corrected chi connectivity index (χ0v) is 13.1. The van der Waals surface area contributed by atoms with Gasteiger partial charge in [0.05, 0.1) is 0 Å². The number of likely N-dealkylation sites (N-methyl/N-ethyl adjacent to an activating group) is 2. The summed E-state index contributed by atoms with van der Waals surface area (Å²) in [5, 5.41) is 9.11. The SMILES string of the molecule is CN1CCCC(N(C)C(=O)N(CC(=O)O)C2CCCC2)C1. The highest BCUT2D eigenvalue weighted by molar-refractivity contribution is 5.80. The first kappa shape index (κ1) is 16.1. The predicted octanol–water partition coefficient (Wildman–Crippen LogP) is 1.46. The number of urea groups is 1. The number of likely N-dealkylation sites (tertiary alicyclic amines) is 1. The first-order valence-corrected chi connectivity index (χ1v) is 7.93. The largest absolute Gasteiger partial charge is 0.480 e. The minimum atomic E-state index is -0.926. The third-order valence-corrected chi connectivity index (χ3v) is 4.77. The van der Waals surface area contributed by atoms with Gasteiger partial charge in [-0.05, 0) is 39.3 Å². The van der Waals surface area contributed by atoms with Crippen molar-refractivity contribution >= 4 is 12.0 Å². The molecule has 1 unspecified atom stereocenters. The van der Waals surface area contributed by atoms with Crippen LogP contribution in [0.1, 0.15) is 38.5 Å². The van der Waals surface area contributed by atoms with E-state index in [1.54, 1.807) is 9.80 Å². The maximum atomic E-state index is 12.7. The lowest BCUT2D eigenvalue weighted by Gasteiger charge is -2.39. The summed E-state index contributed by atoms with van der Waals surface area (Å²) in [6.45, 7) is 1.75. The number of carbonyl (C=O) groups is 2. The highest BCUT2D eigenvalue weighted by Gasteiger charge is 2.33. The molecule has 6 nitrogen and oxygen atoms in total. The molecule has 1 atom stereocenters. The van der Waals surface area contributed by atoms with Crippen molar-refractivity contribution in [1.82, 2.24) is 14.7 Å². The molecule has 21 heavy (non-hydrogen) atoms. The van der Waals surface area contributed by atoms with Crippen LogP contribution in [0, 0.1) is 0 Å². The number of rotatable bonds is 4. The van der Waals surface area contributed by atoms with Gasteiger partial charge in [-0.2, -0.15) is 0 Å². The third kappa shape index (κ3) is 4.09. The first-order valence-electron chi connectivity index (χ1n) is 7.93. The van der Waals surface area contributed by atoms with E-state index in [0.29, 0.717) is 0 Å². The maximum Gasteiger partial charge on any atom is 0.323 e. The number of hydrogen-bond acceptors (Lipinski definition) is 3. The molecule has 0 spiro atoms. The van der Waals surface area contributed by atoms with Crippen molar-refractivity contribution in [2.24, 2.45) is 0 Å². The van der Waals surface area contributed by atoms with Crippen LogP contribution in [0.4, 0.5) is 4.79 Å². The van der Waals surface area contributed by atoms with Crippen molar-refractivity contribution in [3.8, 4) is 0 Å². The molecule has 1 N–H and O–H groups in total. The summed E-state index contributed by atoms with van der Waals surface area (Å²) in [4.78, 5) is 29.4. The van der Waals surface area contributed by atoms with Crippen LogP contribution in [0.5, 0.6) is 0 Å². The van der Waals surface area contributed by atoms with Crippen LogP contribution >= 0.6 is 0 Å². The van der Waals surface area contributed by atoms with Crippen LogP contribution < -0.4 is 0 Å². The fourth-order valence-corrected chi connectivity index (χ4v) is 3.53. The molecule has 120 valence electrons. The normalized spacial score (nSPS) is 24.0. The quantitative estimate of drug-likeness (QED) is 0.853. The molecular formula is C15H27N3O3. The Bertz CT molecular complexity index is 382. The molecule has 0 aromatic carbocycles. The minimum absolute atomic E-state index is 0.0948. The van der Waals surface area contributed by atoms with Gasteiger partial charge in [0.15, 0.2) is 0 Å². The topological polar surface area (TPSA) is 64.1 Å². The molecule has 6 heteroatoms. The number of nitrogens with zero attached hydrogens (tertiary/aromatic N) is 3. The Labute approximate surface area is 126 Å². The van der Waals surface area contributed by atoms with E-state index >= 15 is 0 Å². The molecule has 1 aliphatic heterocycles. The Morgan fingerprint density at radius 1 is 1.14 bits per heavy atom. The molecule has 0 radical (unpaired) electrons. The average Bonchev–Trinajstić information content (AvgIpc) is 2.97. The van der Waals surface area contributed by atoms with Crippen LogP contribution in [0.15, 0.2) is 0 Å². The van der Waals surface area contributed by atoms with Gasteiger partial charge >= 0.3 is 12.0 Å². The summed E-state index contributed by atoms with van der Waals surface area (Å²) in [5.41, 5.74) is 0. The minimum Gasteiger partial charge on any atom is -0.480 e. The van der Waals surface area contributed by atoms with Gasteiger partial charge in [-0.1, -0.05) is 12.8 Å². The van der Waals surface area contributed by atoms with Crippen LogP contribution in [0.3, 0.4) is 0 Å². The third-order valence-electron chi connectivity index (χ3n) is 4.77. The van der Waals surface area contributed by atoms with Gasteiger partial charge in [0, 0.05) is 25.7 Å². The van der Waals surface area contributed by atoms with E-state index in [2.05, 4.69) is 11.9 Å². The second-order valence-corrected chi connectivity index (χ2v) is 6.41. The monoisotopic (exact) mass is 297 g/mol. The smallest absolute Gasteiger partial charge is 0.323 e. The van der Waals surface area contributed by atoms with Crippen LogP contribution in [-0.2, 0) is 4.79 Å². The molecule has 2 rings (SSSR count). The van der Waals surface area contributed by atoms with Crippen molar-refractivity contribution in [3.63, 3.8) is 0 Å². The summed E-state index contributed by atoms with van der Waals surface area (Å²) in [7, 11) is 3.88. The molecule has 2 aliphatic rings. The van der Waals surface area contributed by atoms with Gasteiger partial charge in [-0.15, -0.1) is 0 Å². The lowest BCUT2D eigenvalue weighted by molar-refractivity contribution is -0.138. The summed E-state index contributed by atoms with van der Waals surface area (Å²) in [6, 6.07) is 0.163. The van der Waals surface area contributed by atoms with Crippen molar-refractivity contribution in [1.29, 1.82) is 0 Å². The molecule has 1 saturated heterocycles. The van der Waals surface area contributed by atoms with Crippen molar-refractivity contribution < 1.29 is 14.7 Å². The predicted molar refractivity (Wildman–Crippen MR) is 80.3 cm³/mol. The summed E-state index contributed by atoms with van der Waals surface area (Å²) in [5.74, 6) is -0.926. The number of hydrogen-bond donors (Lipinski definition) is 1. The zero-order chi connectivity index (χ0) is 15.4. The number of piperidine rings is 1. The highest BCUT2D eigenvalue weighted by Crippen LogP contribution is 2.25. The number of aliphatic carboxylic acids is 1. The second-order valence-electron chi connectivity index (χ2n) is 6.41. The molecular weight excluding hydrogens is 270 g/mol. The number of carbonyl (C=O) groups excluding carboxylic acids is 1. The van der Waals surface area contributed by atoms with Gasteiger partial charge in [-0.25, -0.2) is 4.79 Å². The molecule has 1 aliphatic carbocycles. The summed E-state index contributed by atoms with van der Waals surface area (Å²) in [6.07, 6.45) is 6.11. The van der Waals surface area contributed by atoms with E-state index in [9.17, 15) is 9.59 Å². The standard InChI is InChI=1S/C15H27N3O3/c1-16-9-5-8-13(10-16)17(2)15(21)18(11-14(19)20)12-6-3-4-7-12/h12-13H,3-11H2,1-2H3,(H,19,20). The van der Waals surface area contributed by atoms with E-state index in [-0.39, 0.29) is 24.7 Å². The van der Waals surface area contributed by atoms with E-state index in [0.717, 1.165) is 51.6 Å². The van der Waals surface area contributed by atoms with Gasteiger partial charge < -0.3 is 19.8 Å². The van der Waals surface area contributed by atoms with Crippen LogP contribution in [-0.4, -0.2) is 77.6 Å². The zero-order valence-electron chi connectivity index (χ0n) is 13.1. The molecule has 0 aromatic heterocycles. The molecule has 1 heterocycles. The number of carboxylic acid groups (broad SMARTS) is 1. The van der Waals surface area contributed by atoms with Gasteiger partial charge in [0.1, 0.15) is 6.54 Å². The summed E-state index contributed by atoms with van der Waals surface area (Å²) >= 11 is 0. The first-order chi connectivity index (χ1) is 9.99. The van der Waals surface area contributed by atoms with E-state index in [4.69, 9.17) is 5.11 Å². The maximum absolute atomic E-state index is 12.7. The fraction of sp³-hybridized carbons (Fsp3) is 0.867. The van der Waals surface area contributed by atoms with Crippen LogP contribution in [0.25, 0.3) is 0 Å². The van der Waals surface area contributed by atoms with Gasteiger partial charge in [-0.3, -0.25) is 4.79 Å². The number of carboxylic acids is 1. The lowest BCUT2D eigenvalue weighted by Crippen LogP contribution is -2.54. The van der Waals surface area contributed by atoms with Gasteiger partial charge in [0.2, 0.25) is 0 Å². The van der Waals surface area contributed by atoms with Crippen molar-refractivity contribution in [2.75, 3.05) is 33.7 Å². The van der Waals surface area contributed by atoms with E-state index in [1.807, 2.05) is 7.05 Å². The van der Waals surface area contributed by atoms with Crippen LogP contribution in [0.2, 0.25) is 0 Å². The Kier molecular flexibility index (Phi) is 5.45. The Morgan fingerprint density at radius 2 is 1.76 bits per heavy atom. The number of amides is 2. The van der Waals surface area contributed by atoms with Gasteiger partial charge in [0.25, 0.3) is 0 Å². The van der Waals surface area contributed by atoms with Crippen molar-refractivity contribution in [2.45, 2.75) is 50.6 Å². The molecule has 0 bridgehead atoms. The Balaban J connectivity index is 2.03. The second kappa shape index (κ2) is 7.11. The van der Waals surface area contributed by atoms with Crippen molar-refractivity contribution in [3.05, 3.63) is 0 Å². The highest BCUT2D eigenvalue weighted by atomic mass is 16.4. The Hall–Kier alpha value is -1.30.